The zero-order chi connectivity index (χ0) is 20.6. The number of hydrogen-bond donors (Lipinski definition) is 0. The number of imidazole rings is 1. The summed E-state index contributed by atoms with van der Waals surface area (Å²) in [6.45, 7) is 5.98. The van der Waals surface area contributed by atoms with Crippen LogP contribution in [0.4, 0.5) is 0 Å². The maximum absolute atomic E-state index is 13.6. The van der Waals surface area contributed by atoms with Crippen LogP contribution in [0.2, 0.25) is 5.15 Å². The number of rotatable bonds is 6. The molecule has 2 atom stereocenters. The smallest absolute Gasteiger partial charge is 0.262 e. The van der Waals surface area contributed by atoms with Crippen LogP contribution >= 0.6 is 11.6 Å². The van der Waals surface area contributed by atoms with Crippen molar-refractivity contribution in [2.75, 3.05) is 19.6 Å². The number of likely N-dealkylation sites (tertiary alicyclic amines) is 1. The van der Waals surface area contributed by atoms with Crippen molar-refractivity contribution in [1.29, 1.82) is 0 Å². The fraction of sp³-hybridized carbons (Fsp3) is 0.381. The maximum atomic E-state index is 13.6. The van der Waals surface area contributed by atoms with E-state index < -0.39 is 10.0 Å². The summed E-state index contributed by atoms with van der Waals surface area (Å²) in [5, 5.41) is 0.0633. The lowest BCUT2D eigenvalue weighted by Gasteiger charge is -2.29. The molecule has 8 heteroatoms. The van der Waals surface area contributed by atoms with Crippen LogP contribution in [0.15, 0.2) is 59.8 Å². The van der Waals surface area contributed by atoms with Crippen molar-refractivity contribution < 1.29 is 8.42 Å². The summed E-state index contributed by atoms with van der Waals surface area (Å²) < 4.78 is 30.2. The van der Waals surface area contributed by atoms with E-state index in [-0.39, 0.29) is 22.3 Å². The highest BCUT2D eigenvalue weighted by atomic mass is 35.5. The highest BCUT2D eigenvalue weighted by Crippen LogP contribution is 2.31. The third-order valence-electron chi connectivity index (χ3n) is 5.74. The van der Waals surface area contributed by atoms with E-state index in [0.717, 1.165) is 13.0 Å². The average Bonchev–Trinajstić information content (AvgIpc) is 3.32. The lowest BCUT2D eigenvalue weighted by molar-refractivity contribution is 0.239. The van der Waals surface area contributed by atoms with E-state index in [1.165, 1.54) is 5.56 Å². The first-order valence-corrected chi connectivity index (χ1v) is 11.7. The number of aromatic nitrogens is 2. The fourth-order valence-corrected chi connectivity index (χ4v) is 6.47. The van der Waals surface area contributed by atoms with Gasteiger partial charge in [-0.1, -0.05) is 54.9 Å². The highest BCUT2D eigenvalue weighted by Gasteiger charge is 2.39. The standard InChI is InChI=1S/C21H25ClN4O2S/c1-3-26(18-12-14-24(15-18)16(2)17-9-5-4-6-10-17)29(27,28)21-20(22)23-19-11-7-8-13-25(19)21/h4-11,13,16,18H,3,12,14-15H2,1-2H3. The van der Waals surface area contributed by atoms with Crippen molar-refractivity contribution in [3.63, 3.8) is 0 Å². The van der Waals surface area contributed by atoms with Crippen LogP contribution in [-0.2, 0) is 10.0 Å². The van der Waals surface area contributed by atoms with Crippen LogP contribution in [0.5, 0.6) is 0 Å². The molecule has 29 heavy (non-hydrogen) atoms. The Hall–Kier alpha value is -1.93. The van der Waals surface area contributed by atoms with Crippen LogP contribution in [0, 0.1) is 0 Å². The molecule has 1 aromatic carbocycles. The van der Waals surface area contributed by atoms with E-state index >= 15 is 0 Å². The predicted octanol–water partition coefficient (Wildman–Crippen LogP) is 3.83. The van der Waals surface area contributed by atoms with Gasteiger partial charge in [-0.05, 0) is 31.0 Å². The second-order valence-corrected chi connectivity index (χ2v) is 9.53. The van der Waals surface area contributed by atoms with Gasteiger partial charge >= 0.3 is 0 Å². The van der Waals surface area contributed by atoms with Crippen LogP contribution in [0.1, 0.15) is 31.9 Å². The van der Waals surface area contributed by atoms with Gasteiger partial charge in [0.2, 0.25) is 0 Å². The third kappa shape index (κ3) is 3.68. The molecule has 1 aliphatic rings. The van der Waals surface area contributed by atoms with Gasteiger partial charge in [-0.15, -0.1) is 0 Å². The first kappa shape index (κ1) is 20.3. The first-order chi connectivity index (χ1) is 13.9. The molecule has 0 N–H and O–H groups in total. The molecule has 6 nitrogen and oxygen atoms in total. The highest BCUT2D eigenvalue weighted by molar-refractivity contribution is 7.89. The van der Waals surface area contributed by atoms with Gasteiger partial charge in [0.25, 0.3) is 10.0 Å². The first-order valence-electron chi connectivity index (χ1n) is 9.87. The van der Waals surface area contributed by atoms with E-state index in [0.29, 0.717) is 18.7 Å². The predicted molar refractivity (Wildman–Crippen MR) is 115 cm³/mol. The molecule has 0 radical (unpaired) electrons. The quantitative estimate of drug-likeness (QED) is 0.594. The van der Waals surface area contributed by atoms with Crippen LogP contribution in [0.25, 0.3) is 5.65 Å². The number of halogens is 1. The molecule has 3 heterocycles. The lowest BCUT2D eigenvalue weighted by Crippen LogP contribution is -2.42. The second kappa shape index (κ2) is 8.07. The number of nitrogens with zero attached hydrogens (tertiary/aromatic N) is 4. The minimum Gasteiger partial charge on any atom is -0.295 e. The van der Waals surface area contributed by atoms with Crippen molar-refractivity contribution in [3.8, 4) is 0 Å². The zero-order valence-electron chi connectivity index (χ0n) is 16.6. The van der Waals surface area contributed by atoms with Gasteiger partial charge in [0.05, 0.1) is 0 Å². The molecule has 1 aliphatic heterocycles. The van der Waals surface area contributed by atoms with E-state index in [9.17, 15) is 8.42 Å². The van der Waals surface area contributed by atoms with Crippen molar-refractivity contribution in [2.45, 2.75) is 37.4 Å². The largest absolute Gasteiger partial charge is 0.295 e. The molecular weight excluding hydrogens is 408 g/mol. The number of pyridine rings is 1. The van der Waals surface area contributed by atoms with E-state index in [1.807, 2.05) is 31.2 Å². The third-order valence-corrected chi connectivity index (χ3v) is 8.17. The Balaban J connectivity index is 1.61. The van der Waals surface area contributed by atoms with E-state index in [4.69, 9.17) is 11.6 Å². The Labute approximate surface area is 176 Å². The zero-order valence-corrected chi connectivity index (χ0v) is 18.1. The van der Waals surface area contributed by atoms with Gasteiger partial charge in [-0.2, -0.15) is 4.31 Å². The molecule has 0 amide bonds. The summed E-state index contributed by atoms with van der Waals surface area (Å²) in [5.41, 5.74) is 1.77. The number of fused-ring (bicyclic) bond motifs is 1. The molecule has 154 valence electrons. The van der Waals surface area contributed by atoms with E-state index in [2.05, 4.69) is 28.9 Å². The number of hydrogen-bond acceptors (Lipinski definition) is 4. The van der Waals surface area contributed by atoms with Crippen LogP contribution < -0.4 is 0 Å². The van der Waals surface area contributed by atoms with E-state index in [1.54, 1.807) is 27.0 Å². The molecule has 2 unspecified atom stereocenters. The van der Waals surface area contributed by atoms with Gasteiger partial charge in [0.15, 0.2) is 10.2 Å². The Kier molecular flexibility index (Phi) is 5.66. The molecular formula is C21H25ClN4O2S. The maximum Gasteiger partial charge on any atom is 0.262 e. The molecule has 0 aliphatic carbocycles. The Morgan fingerprint density at radius 1 is 1.21 bits per heavy atom. The number of sulfonamides is 1. The van der Waals surface area contributed by atoms with Gasteiger partial charge < -0.3 is 0 Å². The average molecular weight is 433 g/mol. The Morgan fingerprint density at radius 2 is 1.93 bits per heavy atom. The van der Waals surface area contributed by atoms with Crippen LogP contribution in [0.3, 0.4) is 0 Å². The summed E-state index contributed by atoms with van der Waals surface area (Å²) >= 11 is 6.27. The molecule has 0 saturated carbocycles. The summed E-state index contributed by atoms with van der Waals surface area (Å²) in [4.78, 5) is 6.56. The summed E-state index contributed by atoms with van der Waals surface area (Å²) in [6, 6.07) is 15.8. The Bertz CT molecular complexity index is 1100. The second-order valence-electron chi connectivity index (χ2n) is 7.37. The SMILES string of the molecule is CCN(C1CCN(C(C)c2ccccc2)C1)S(=O)(=O)c1c(Cl)nc2ccccn12. The molecule has 2 aromatic heterocycles. The van der Waals surface area contributed by atoms with Crippen LogP contribution in [-0.4, -0.2) is 52.7 Å². The van der Waals surface area contributed by atoms with Gasteiger partial charge in [0.1, 0.15) is 5.65 Å². The van der Waals surface area contributed by atoms with Crippen molar-refractivity contribution in [2.24, 2.45) is 0 Å². The Morgan fingerprint density at radius 3 is 2.66 bits per heavy atom. The lowest BCUT2D eigenvalue weighted by atomic mass is 10.1. The molecule has 0 spiro atoms. The van der Waals surface area contributed by atoms with Gasteiger partial charge in [0, 0.05) is 37.9 Å². The van der Waals surface area contributed by atoms with Crippen molar-refractivity contribution in [1.82, 2.24) is 18.6 Å². The number of benzene rings is 1. The summed E-state index contributed by atoms with van der Waals surface area (Å²) in [6.07, 6.45) is 2.48. The molecule has 4 rings (SSSR count). The topological polar surface area (TPSA) is 57.9 Å². The van der Waals surface area contributed by atoms with Gasteiger partial charge in [-0.25, -0.2) is 13.4 Å². The van der Waals surface area contributed by atoms with Crippen molar-refractivity contribution >= 4 is 27.3 Å². The minimum atomic E-state index is -3.79. The number of likely N-dealkylation sites (N-methyl/N-ethyl adjacent to an activating group) is 1. The molecule has 1 saturated heterocycles. The van der Waals surface area contributed by atoms with Crippen molar-refractivity contribution in [3.05, 3.63) is 65.4 Å². The fourth-order valence-electron chi connectivity index (χ4n) is 4.21. The molecule has 0 bridgehead atoms. The monoisotopic (exact) mass is 432 g/mol. The molecule has 1 fully saturated rings. The molecule has 3 aromatic rings. The van der Waals surface area contributed by atoms with Gasteiger partial charge in [-0.3, -0.25) is 9.30 Å². The summed E-state index contributed by atoms with van der Waals surface area (Å²) in [7, 11) is -3.79. The minimum absolute atomic E-state index is 0.0159. The summed E-state index contributed by atoms with van der Waals surface area (Å²) in [5.74, 6) is 0. The normalized spacial score (nSPS) is 19.2.